The molecule has 2 fully saturated rings. The first-order valence-corrected chi connectivity index (χ1v) is 14.1. The second kappa shape index (κ2) is 10.7. The molecule has 0 spiro atoms. The number of anilines is 1. The number of hydrogen-bond acceptors (Lipinski definition) is 7. The van der Waals surface area contributed by atoms with Crippen molar-refractivity contribution >= 4 is 39.1 Å². The number of aliphatic hydroxyl groups is 1. The van der Waals surface area contributed by atoms with Gasteiger partial charge in [-0.1, -0.05) is 41.9 Å². The molecule has 2 bridgehead atoms. The molecule has 2 aromatic carbocycles. The van der Waals surface area contributed by atoms with Crippen LogP contribution in [0.3, 0.4) is 0 Å². The molecule has 1 aliphatic carbocycles. The van der Waals surface area contributed by atoms with Crippen LogP contribution in [0.25, 0.3) is 32.9 Å². The predicted octanol–water partition coefficient (Wildman–Crippen LogP) is 6.06. The van der Waals surface area contributed by atoms with Crippen molar-refractivity contribution in [2.75, 3.05) is 24.6 Å². The van der Waals surface area contributed by atoms with Crippen LogP contribution in [0.1, 0.15) is 25.2 Å². The van der Waals surface area contributed by atoms with Crippen molar-refractivity contribution in [3.05, 3.63) is 71.7 Å². The van der Waals surface area contributed by atoms with E-state index < -0.39 is 12.4 Å². The van der Waals surface area contributed by atoms with Gasteiger partial charge in [-0.3, -0.25) is 9.55 Å². The number of alkyl halides is 2. The van der Waals surface area contributed by atoms with Gasteiger partial charge in [-0.05, 0) is 30.2 Å². The number of aliphatic hydroxyl groups excluding tert-OH is 1. The maximum absolute atomic E-state index is 16.5. The standard InChI is InChI=1S/C30H26ClF3N6O2/c31-21-6-2-4-17-3-1-5-19(24(17)21)26-25(32)27-20(13-36-26)28(39-14-16-11-18(15-39)22(41)12-16)38-30(37-27)42-10-7-23-35-8-9-40(23)29(33)34/h1-6,8-9,13,16,18,22,29,41H,7,10-12,14-15H2/t16-,18-,22-/m1/s1. The van der Waals surface area contributed by atoms with E-state index >= 15 is 4.39 Å². The molecule has 42 heavy (non-hydrogen) atoms. The Labute approximate surface area is 243 Å². The summed E-state index contributed by atoms with van der Waals surface area (Å²) in [4.78, 5) is 19.6. The SMILES string of the molecule is O[C@@H]1C[C@H]2C[C@@H]1CN(c1nc(OCCc3nccn3C(F)F)nc3c(F)c(-c4cccc5cccc(Cl)c45)ncc13)C2. The van der Waals surface area contributed by atoms with Crippen LogP contribution in [-0.4, -0.2) is 55.4 Å². The first kappa shape index (κ1) is 26.9. The van der Waals surface area contributed by atoms with Crippen LogP contribution in [0.4, 0.5) is 19.0 Å². The number of halogens is 4. The maximum atomic E-state index is 16.5. The third-order valence-electron chi connectivity index (χ3n) is 8.26. The van der Waals surface area contributed by atoms with Gasteiger partial charge in [0.1, 0.15) is 22.9 Å². The van der Waals surface area contributed by atoms with Crippen LogP contribution in [0.2, 0.25) is 5.02 Å². The number of ether oxygens (including phenoxy) is 1. The number of imidazole rings is 1. The van der Waals surface area contributed by atoms with E-state index in [-0.39, 0.29) is 54.0 Å². The van der Waals surface area contributed by atoms with E-state index in [2.05, 4.69) is 19.9 Å². The van der Waals surface area contributed by atoms with Crippen LogP contribution >= 0.6 is 11.6 Å². The highest BCUT2D eigenvalue weighted by Gasteiger charge is 2.40. The molecule has 1 aliphatic heterocycles. The van der Waals surface area contributed by atoms with Gasteiger partial charge in [-0.15, -0.1) is 0 Å². The first-order valence-electron chi connectivity index (χ1n) is 13.8. The molecule has 1 N–H and O–H groups in total. The third-order valence-corrected chi connectivity index (χ3v) is 8.57. The second-order valence-corrected chi connectivity index (χ2v) is 11.3. The van der Waals surface area contributed by atoms with Crippen molar-refractivity contribution < 1.29 is 23.0 Å². The van der Waals surface area contributed by atoms with Crippen LogP contribution in [0.5, 0.6) is 6.01 Å². The van der Waals surface area contributed by atoms with E-state index in [9.17, 15) is 13.9 Å². The van der Waals surface area contributed by atoms with Gasteiger partial charge in [0.05, 0.1) is 18.1 Å². The molecule has 0 radical (unpaired) electrons. The molecule has 8 nitrogen and oxygen atoms in total. The van der Waals surface area contributed by atoms with Gasteiger partial charge in [0.2, 0.25) is 0 Å². The fraction of sp³-hybridized carbons (Fsp3) is 0.333. The molecule has 3 aromatic heterocycles. The summed E-state index contributed by atoms with van der Waals surface area (Å²) < 4.78 is 49.6. The van der Waals surface area contributed by atoms with Crippen LogP contribution < -0.4 is 9.64 Å². The van der Waals surface area contributed by atoms with Crippen molar-refractivity contribution in [1.82, 2.24) is 24.5 Å². The molecule has 216 valence electrons. The van der Waals surface area contributed by atoms with Gasteiger partial charge in [0.15, 0.2) is 5.82 Å². The number of benzene rings is 2. The summed E-state index contributed by atoms with van der Waals surface area (Å²) >= 11 is 6.53. The lowest BCUT2D eigenvalue weighted by atomic mass is 9.98. The van der Waals surface area contributed by atoms with E-state index in [1.54, 1.807) is 18.3 Å². The quantitative estimate of drug-likeness (QED) is 0.245. The Bertz CT molecular complexity index is 1790. The molecule has 1 saturated heterocycles. The molecule has 4 heterocycles. The summed E-state index contributed by atoms with van der Waals surface area (Å²) in [7, 11) is 0. The number of aromatic nitrogens is 5. The zero-order valence-corrected chi connectivity index (χ0v) is 23.1. The lowest BCUT2D eigenvalue weighted by Gasteiger charge is -2.33. The largest absolute Gasteiger partial charge is 0.463 e. The average Bonchev–Trinajstić information content (AvgIpc) is 3.56. The molecule has 0 unspecified atom stereocenters. The van der Waals surface area contributed by atoms with Crippen molar-refractivity contribution in [2.45, 2.75) is 31.9 Å². The summed E-state index contributed by atoms with van der Waals surface area (Å²) in [5.74, 6) is 0.332. The Morgan fingerprint density at radius 2 is 1.90 bits per heavy atom. The molecular weight excluding hydrogens is 569 g/mol. The summed E-state index contributed by atoms with van der Waals surface area (Å²) in [6, 6.07) is 10.9. The average molecular weight is 595 g/mol. The number of fused-ring (bicyclic) bond motifs is 4. The van der Waals surface area contributed by atoms with E-state index in [4.69, 9.17) is 16.3 Å². The molecule has 12 heteroatoms. The highest BCUT2D eigenvalue weighted by molar-refractivity contribution is 6.36. The van der Waals surface area contributed by atoms with E-state index in [0.717, 1.165) is 16.4 Å². The van der Waals surface area contributed by atoms with Crippen molar-refractivity contribution in [2.24, 2.45) is 11.8 Å². The van der Waals surface area contributed by atoms with Crippen LogP contribution in [0.15, 0.2) is 55.0 Å². The van der Waals surface area contributed by atoms with E-state index in [0.29, 0.717) is 46.7 Å². The van der Waals surface area contributed by atoms with Gasteiger partial charge >= 0.3 is 12.6 Å². The summed E-state index contributed by atoms with van der Waals surface area (Å²) in [5.41, 5.74) is 0.639. The Balaban J connectivity index is 1.31. The topological polar surface area (TPSA) is 89.2 Å². The third kappa shape index (κ3) is 4.70. The van der Waals surface area contributed by atoms with Gasteiger partial charge in [-0.25, -0.2) is 9.37 Å². The minimum Gasteiger partial charge on any atom is -0.463 e. The van der Waals surface area contributed by atoms with E-state index in [1.165, 1.54) is 12.4 Å². The minimum atomic E-state index is -2.72. The molecule has 1 saturated carbocycles. The van der Waals surface area contributed by atoms with Crippen LogP contribution in [0, 0.1) is 17.7 Å². The smallest absolute Gasteiger partial charge is 0.319 e. The van der Waals surface area contributed by atoms with Crippen molar-refractivity contribution in [1.29, 1.82) is 0 Å². The fourth-order valence-electron chi connectivity index (χ4n) is 6.36. The molecule has 0 amide bonds. The number of nitrogens with zero attached hydrogens (tertiary/aromatic N) is 6. The maximum Gasteiger partial charge on any atom is 0.319 e. The lowest BCUT2D eigenvalue weighted by Crippen LogP contribution is -2.38. The Hall–Kier alpha value is -3.96. The number of piperidine rings is 1. The minimum absolute atomic E-state index is 0.0246. The summed E-state index contributed by atoms with van der Waals surface area (Å²) in [5, 5.41) is 12.9. The Morgan fingerprint density at radius 1 is 1.07 bits per heavy atom. The molecular formula is C30H26ClF3N6O2. The fourth-order valence-corrected chi connectivity index (χ4v) is 6.64. The van der Waals surface area contributed by atoms with Gasteiger partial charge in [0, 0.05) is 60.0 Å². The van der Waals surface area contributed by atoms with Crippen LogP contribution in [-0.2, 0) is 6.42 Å². The zero-order chi connectivity index (χ0) is 29.0. The van der Waals surface area contributed by atoms with Gasteiger partial charge < -0.3 is 14.7 Å². The lowest BCUT2D eigenvalue weighted by molar-refractivity contribution is 0.0663. The van der Waals surface area contributed by atoms with E-state index in [1.807, 2.05) is 29.2 Å². The summed E-state index contributed by atoms with van der Waals surface area (Å²) in [6.45, 7) is -1.57. The number of pyridine rings is 1. The predicted molar refractivity (Wildman–Crippen MR) is 152 cm³/mol. The molecule has 7 rings (SSSR count). The van der Waals surface area contributed by atoms with Gasteiger partial charge in [-0.2, -0.15) is 18.7 Å². The normalized spacial score (nSPS) is 20.2. The molecule has 5 aromatic rings. The number of hydrogen-bond donors (Lipinski definition) is 1. The Kier molecular flexibility index (Phi) is 6.86. The second-order valence-electron chi connectivity index (χ2n) is 10.9. The highest BCUT2D eigenvalue weighted by Crippen LogP contribution is 2.41. The Morgan fingerprint density at radius 3 is 2.71 bits per heavy atom. The van der Waals surface area contributed by atoms with Crippen molar-refractivity contribution in [3.8, 4) is 17.3 Å². The molecule has 3 atom stereocenters. The monoisotopic (exact) mass is 594 g/mol. The van der Waals surface area contributed by atoms with Gasteiger partial charge in [0.25, 0.3) is 0 Å². The highest BCUT2D eigenvalue weighted by atomic mass is 35.5. The first-order chi connectivity index (χ1) is 20.4. The molecule has 2 aliphatic rings. The summed E-state index contributed by atoms with van der Waals surface area (Å²) in [6.07, 6.45) is 5.39. The number of rotatable bonds is 7. The zero-order valence-electron chi connectivity index (χ0n) is 22.3. The van der Waals surface area contributed by atoms with Crippen molar-refractivity contribution in [3.63, 3.8) is 0 Å².